The van der Waals surface area contributed by atoms with E-state index < -0.39 is 23.7 Å². The fourth-order valence-electron chi connectivity index (χ4n) is 1.95. The number of rotatable bonds is 5. The predicted molar refractivity (Wildman–Crippen MR) is 72.7 cm³/mol. The molecule has 2 aromatic rings. The molecule has 1 amide bonds. The molecule has 2 rings (SSSR count). The standard InChI is InChI=1S/C16H14FNO3/c17-13-8-6-11(7-9-13)14(10-15(19)20)18-16(21)12-4-2-1-3-5-12/h1-9,14H,10H2,(H,18,21)(H,19,20)/p-1/t14-/m0/s1. The summed E-state index contributed by atoms with van der Waals surface area (Å²) in [5, 5.41) is 13.4. The Labute approximate surface area is 121 Å². The zero-order valence-corrected chi connectivity index (χ0v) is 11.1. The zero-order valence-electron chi connectivity index (χ0n) is 11.1. The van der Waals surface area contributed by atoms with E-state index in [4.69, 9.17) is 0 Å². The SMILES string of the molecule is O=C([O-])C[C@H](NC(=O)c1ccccc1)c1ccc(F)cc1. The topological polar surface area (TPSA) is 69.2 Å². The monoisotopic (exact) mass is 286 g/mol. The van der Waals surface area contributed by atoms with Crippen LogP contribution in [0.1, 0.15) is 28.4 Å². The first kappa shape index (κ1) is 14.7. The summed E-state index contributed by atoms with van der Waals surface area (Å²) >= 11 is 0. The van der Waals surface area contributed by atoms with Gasteiger partial charge in [-0.3, -0.25) is 4.79 Å². The molecule has 0 aliphatic heterocycles. The number of carbonyl (C=O) groups excluding carboxylic acids is 2. The second kappa shape index (κ2) is 6.65. The Hall–Kier alpha value is -2.69. The molecule has 0 spiro atoms. The molecule has 0 unspecified atom stereocenters. The van der Waals surface area contributed by atoms with Crippen LogP contribution in [0.15, 0.2) is 54.6 Å². The summed E-state index contributed by atoms with van der Waals surface area (Å²) in [6, 6.07) is 13.0. The van der Waals surface area contributed by atoms with Gasteiger partial charge in [-0.1, -0.05) is 30.3 Å². The average Bonchev–Trinajstić information content (AvgIpc) is 2.48. The second-order valence-electron chi connectivity index (χ2n) is 4.52. The lowest BCUT2D eigenvalue weighted by atomic mass is 10.0. The lowest BCUT2D eigenvalue weighted by Gasteiger charge is -2.20. The molecule has 4 nitrogen and oxygen atoms in total. The molecular weight excluding hydrogens is 273 g/mol. The van der Waals surface area contributed by atoms with Crippen LogP contribution in [0.25, 0.3) is 0 Å². The van der Waals surface area contributed by atoms with Crippen LogP contribution in [-0.2, 0) is 4.79 Å². The predicted octanol–water partition coefficient (Wildman–Crippen LogP) is 1.44. The first-order valence-corrected chi connectivity index (χ1v) is 6.37. The largest absolute Gasteiger partial charge is 0.550 e. The van der Waals surface area contributed by atoms with Crippen molar-refractivity contribution in [2.75, 3.05) is 0 Å². The number of carbonyl (C=O) groups is 2. The van der Waals surface area contributed by atoms with Gasteiger partial charge in [0.2, 0.25) is 0 Å². The van der Waals surface area contributed by atoms with Crippen LogP contribution in [0.3, 0.4) is 0 Å². The van der Waals surface area contributed by atoms with Gasteiger partial charge in [0.05, 0.1) is 6.04 Å². The van der Waals surface area contributed by atoms with Gasteiger partial charge in [0.15, 0.2) is 0 Å². The molecule has 1 N–H and O–H groups in total. The maximum absolute atomic E-state index is 12.9. The minimum Gasteiger partial charge on any atom is -0.550 e. The van der Waals surface area contributed by atoms with Crippen molar-refractivity contribution in [1.29, 1.82) is 0 Å². The summed E-state index contributed by atoms with van der Waals surface area (Å²) in [4.78, 5) is 22.9. The highest BCUT2D eigenvalue weighted by molar-refractivity contribution is 5.94. The van der Waals surface area contributed by atoms with Crippen LogP contribution in [0.4, 0.5) is 4.39 Å². The fraction of sp³-hybridized carbons (Fsp3) is 0.125. The number of carboxylic acids is 1. The molecule has 0 aliphatic carbocycles. The third-order valence-corrected chi connectivity index (χ3v) is 2.98. The van der Waals surface area contributed by atoms with E-state index in [1.54, 1.807) is 30.3 Å². The molecule has 2 aromatic carbocycles. The normalized spacial score (nSPS) is 11.7. The lowest BCUT2D eigenvalue weighted by molar-refractivity contribution is -0.306. The summed E-state index contributed by atoms with van der Waals surface area (Å²) in [6.07, 6.45) is -0.385. The summed E-state index contributed by atoms with van der Waals surface area (Å²) < 4.78 is 12.9. The van der Waals surface area contributed by atoms with Crippen LogP contribution in [0.2, 0.25) is 0 Å². The third kappa shape index (κ3) is 4.14. The Balaban J connectivity index is 2.18. The van der Waals surface area contributed by atoms with Crippen molar-refractivity contribution in [3.8, 4) is 0 Å². The number of benzene rings is 2. The van der Waals surface area contributed by atoms with Gasteiger partial charge in [-0.2, -0.15) is 0 Å². The Kier molecular flexibility index (Phi) is 4.66. The van der Waals surface area contributed by atoms with E-state index in [-0.39, 0.29) is 6.42 Å². The third-order valence-electron chi connectivity index (χ3n) is 2.98. The highest BCUT2D eigenvalue weighted by atomic mass is 19.1. The Morgan fingerprint density at radius 2 is 1.67 bits per heavy atom. The number of hydrogen-bond donors (Lipinski definition) is 1. The number of halogens is 1. The van der Waals surface area contributed by atoms with Crippen LogP contribution in [0.5, 0.6) is 0 Å². The highest BCUT2D eigenvalue weighted by Crippen LogP contribution is 2.18. The van der Waals surface area contributed by atoms with E-state index in [2.05, 4.69) is 5.32 Å². The zero-order chi connectivity index (χ0) is 15.2. The van der Waals surface area contributed by atoms with Gasteiger partial charge in [0, 0.05) is 18.0 Å². The molecule has 5 heteroatoms. The van der Waals surface area contributed by atoms with Gasteiger partial charge < -0.3 is 15.2 Å². The maximum atomic E-state index is 12.9. The van der Waals surface area contributed by atoms with E-state index >= 15 is 0 Å². The van der Waals surface area contributed by atoms with E-state index in [1.165, 1.54) is 24.3 Å². The first-order valence-electron chi connectivity index (χ1n) is 6.37. The quantitative estimate of drug-likeness (QED) is 0.904. The number of carboxylic acid groups (broad SMARTS) is 1. The summed E-state index contributed by atoms with van der Waals surface area (Å²) in [7, 11) is 0. The smallest absolute Gasteiger partial charge is 0.251 e. The molecule has 0 radical (unpaired) electrons. The molecule has 0 heterocycles. The number of hydrogen-bond acceptors (Lipinski definition) is 3. The molecule has 1 atom stereocenters. The van der Waals surface area contributed by atoms with Crippen molar-refractivity contribution in [1.82, 2.24) is 5.32 Å². The van der Waals surface area contributed by atoms with E-state index in [0.717, 1.165) is 0 Å². The molecule has 0 aliphatic rings. The minimum absolute atomic E-state index is 0.385. The van der Waals surface area contributed by atoms with Crippen molar-refractivity contribution < 1.29 is 19.1 Å². The molecule has 21 heavy (non-hydrogen) atoms. The van der Waals surface area contributed by atoms with Crippen LogP contribution in [0, 0.1) is 5.82 Å². The highest BCUT2D eigenvalue weighted by Gasteiger charge is 2.16. The Morgan fingerprint density at radius 3 is 2.24 bits per heavy atom. The van der Waals surface area contributed by atoms with Gasteiger partial charge in [0.25, 0.3) is 5.91 Å². The van der Waals surface area contributed by atoms with Crippen LogP contribution >= 0.6 is 0 Å². The number of amides is 1. The maximum Gasteiger partial charge on any atom is 0.251 e. The Bertz CT molecular complexity index is 626. The van der Waals surface area contributed by atoms with Crippen molar-refractivity contribution >= 4 is 11.9 Å². The molecular formula is C16H13FNO3-. The van der Waals surface area contributed by atoms with Crippen molar-refractivity contribution in [2.45, 2.75) is 12.5 Å². The molecule has 0 fully saturated rings. The summed E-state index contributed by atoms with van der Waals surface area (Å²) in [6.45, 7) is 0. The van der Waals surface area contributed by atoms with E-state index in [0.29, 0.717) is 11.1 Å². The van der Waals surface area contributed by atoms with Crippen molar-refractivity contribution in [2.24, 2.45) is 0 Å². The van der Waals surface area contributed by atoms with Crippen LogP contribution in [-0.4, -0.2) is 11.9 Å². The number of nitrogens with one attached hydrogen (secondary N) is 1. The molecule has 108 valence electrons. The first-order chi connectivity index (χ1) is 10.1. The van der Waals surface area contributed by atoms with Crippen molar-refractivity contribution in [3.63, 3.8) is 0 Å². The second-order valence-corrected chi connectivity index (χ2v) is 4.52. The Morgan fingerprint density at radius 1 is 1.05 bits per heavy atom. The number of aliphatic carboxylic acids is 1. The fourth-order valence-corrected chi connectivity index (χ4v) is 1.95. The van der Waals surface area contributed by atoms with E-state index in [1.807, 2.05) is 0 Å². The molecule has 0 saturated carbocycles. The van der Waals surface area contributed by atoms with Gasteiger partial charge in [-0.15, -0.1) is 0 Å². The van der Waals surface area contributed by atoms with Gasteiger partial charge in [-0.25, -0.2) is 4.39 Å². The van der Waals surface area contributed by atoms with E-state index in [9.17, 15) is 19.1 Å². The molecule has 0 saturated heterocycles. The van der Waals surface area contributed by atoms with Crippen molar-refractivity contribution in [3.05, 3.63) is 71.5 Å². The summed E-state index contributed by atoms with van der Waals surface area (Å²) in [5.41, 5.74) is 0.924. The molecule has 0 bridgehead atoms. The van der Waals surface area contributed by atoms with Crippen LogP contribution < -0.4 is 10.4 Å². The minimum atomic E-state index is -1.29. The van der Waals surface area contributed by atoms with Gasteiger partial charge in [0.1, 0.15) is 5.82 Å². The van der Waals surface area contributed by atoms with Gasteiger partial charge in [-0.05, 0) is 29.8 Å². The molecule has 0 aromatic heterocycles. The van der Waals surface area contributed by atoms with Gasteiger partial charge >= 0.3 is 0 Å². The lowest BCUT2D eigenvalue weighted by Crippen LogP contribution is -2.34. The summed E-state index contributed by atoms with van der Waals surface area (Å²) in [5.74, 6) is -2.12. The average molecular weight is 286 g/mol.